The smallest absolute Gasteiger partial charge is 0.273 e. The summed E-state index contributed by atoms with van der Waals surface area (Å²) in [7, 11) is 1.48. The fraction of sp³-hybridized carbons (Fsp3) is 0.0667. The Morgan fingerprint density at radius 1 is 1.43 bits per heavy atom. The Kier molecular flexibility index (Phi) is 4.57. The third-order valence-corrected chi connectivity index (χ3v) is 3.43. The summed E-state index contributed by atoms with van der Waals surface area (Å²) >= 11 is 5.97. The minimum Gasteiger partial charge on any atom is -0.345 e. The van der Waals surface area contributed by atoms with Crippen molar-refractivity contribution in [1.82, 2.24) is 4.57 Å². The highest BCUT2D eigenvalue weighted by atomic mass is 35.5. The van der Waals surface area contributed by atoms with Crippen LogP contribution in [0.5, 0.6) is 0 Å². The second kappa shape index (κ2) is 6.42. The van der Waals surface area contributed by atoms with Crippen LogP contribution in [-0.4, -0.2) is 22.5 Å². The van der Waals surface area contributed by atoms with Gasteiger partial charge in [0.1, 0.15) is 17.6 Å². The molecule has 0 aliphatic carbocycles. The van der Waals surface area contributed by atoms with E-state index in [2.05, 4.69) is 5.32 Å². The van der Waals surface area contributed by atoms with E-state index in [1.807, 2.05) is 0 Å². The van der Waals surface area contributed by atoms with Crippen LogP contribution >= 0.6 is 11.6 Å². The van der Waals surface area contributed by atoms with Gasteiger partial charge in [-0.2, -0.15) is 5.26 Å². The first-order chi connectivity index (χ1) is 10.9. The second-order valence-electron chi connectivity index (χ2n) is 4.56. The Hall–Kier alpha value is -2.98. The number of hydrogen-bond acceptors (Lipinski definition) is 4. The van der Waals surface area contributed by atoms with Crippen LogP contribution in [0.1, 0.15) is 26.4 Å². The van der Waals surface area contributed by atoms with Gasteiger partial charge in [0.2, 0.25) is 5.78 Å². The molecule has 116 valence electrons. The average Bonchev–Trinajstić information content (AvgIpc) is 2.83. The number of carbonyl (C=O) groups is 3. The SMILES string of the molecule is Cn1cc(C(=O)C=O)c(Cl)c1C(=O)Nc1ccc(F)c(C#N)c1. The number of Topliss-reactive ketones (excluding diaryl/α,β-unsaturated/α-hetero) is 1. The van der Waals surface area contributed by atoms with Gasteiger partial charge in [0.05, 0.1) is 16.1 Å². The number of halogens is 2. The molecule has 0 radical (unpaired) electrons. The average molecular weight is 334 g/mol. The highest BCUT2D eigenvalue weighted by molar-refractivity contribution is 6.43. The molecule has 1 aromatic carbocycles. The van der Waals surface area contributed by atoms with Crippen molar-refractivity contribution in [3.05, 3.63) is 52.1 Å². The molecule has 0 bridgehead atoms. The second-order valence-corrected chi connectivity index (χ2v) is 4.94. The first-order valence-corrected chi connectivity index (χ1v) is 6.62. The number of benzene rings is 1. The predicted molar refractivity (Wildman–Crippen MR) is 79.9 cm³/mol. The third-order valence-electron chi connectivity index (χ3n) is 3.05. The zero-order chi connectivity index (χ0) is 17.1. The van der Waals surface area contributed by atoms with E-state index in [0.29, 0.717) is 0 Å². The third kappa shape index (κ3) is 3.12. The molecular formula is C15H9ClFN3O3. The number of nitriles is 1. The molecule has 23 heavy (non-hydrogen) atoms. The molecule has 0 atom stereocenters. The van der Waals surface area contributed by atoms with Crippen molar-refractivity contribution in [3.8, 4) is 6.07 Å². The lowest BCUT2D eigenvalue weighted by Crippen LogP contribution is -2.16. The normalized spacial score (nSPS) is 10.0. The topological polar surface area (TPSA) is 92.0 Å². The van der Waals surface area contributed by atoms with Crippen LogP contribution in [0.25, 0.3) is 0 Å². The van der Waals surface area contributed by atoms with Crippen LogP contribution in [0, 0.1) is 17.1 Å². The number of nitrogens with zero attached hydrogens (tertiary/aromatic N) is 2. The summed E-state index contributed by atoms with van der Waals surface area (Å²) in [5, 5.41) is 11.1. The molecule has 0 spiro atoms. The maximum atomic E-state index is 13.3. The van der Waals surface area contributed by atoms with Crippen molar-refractivity contribution in [2.24, 2.45) is 7.05 Å². The van der Waals surface area contributed by atoms with Crippen LogP contribution in [0.15, 0.2) is 24.4 Å². The zero-order valence-electron chi connectivity index (χ0n) is 11.8. The number of aldehydes is 1. The Labute approximate surface area is 135 Å². The van der Waals surface area contributed by atoms with Crippen molar-refractivity contribution in [1.29, 1.82) is 5.26 Å². The lowest BCUT2D eigenvalue weighted by atomic mass is 10.2. The lowest BCUT2D eigenvalue weighted by molar-refractivity contribution is -0.104. The molecule has 2 aromatic rings. The van der Waals surface area contributed by atoms with Gasteiger partial charge in [-0.25, -0.2) is 4.39 Å². The molecule has 1 amide bonds. The molecule has 6 nitrogen and oxygen atoms in total. The summed E-state index contributed by atoms with van der Waals surface area (Å²) in [6.45, 7) is 0. The number of aryl methyl sites for hydroxylation is 1. The van der Waals surface area contributed by atoms with Crippen LogP contribution in [0.2, 0.25) is 5.02 Å². The molecule has 0 aliphatic rings. The van der Waals surface area contributed by atoms with Gasteiger partial charge in [0.15, 0.2) is 6.29 Å². The van der Waals surface area contributed by atoms with Gasteiger partial charge in [0, 0.05) is 18.9 Å². The van der Waals surface area contributed by atoms with E-state index in [0.717, 1.165) is 6.07 Å². The van der Waals surface area contributed by atoms with Gasteiger partial charge in [-0.3, -0.25) is 14.4 Å². The predicted octanol–water partition coefficient (Wildman–Crippen LogP) is 2.32. The molecule has 8 heteroatoms. The van der Waals surface area contributed by atoms with Gasteiger partial charge in [-0.05, 0) is 18.2 Å². The number of amides is 1. The molecule has 0 fully saturated rings. The zero-order valence-corrected chi connectivity index (χ0v) is 12.5. The minimum absolute atomic E-state index is 0.0419. The van der Waals surface area contributed by atoms with Crippen LogP contribution in [0.4, 0.5) is 10.1 Å². The summed E-state index contributed by atoms with van der Waals surface area (Å²) in [6.07, 6.45) is 1.36. The number of ketones is 1. The molecule has 0 saturated heterocycles. The highest BCUT2D eigenvalue weighted by Crippen LogP contribution is 2.24. The van der Waals surface area contributed by atoms with Gasteiger partial charge < -0.3 is 9.88 Å². The Morgan fingerprint density at radius 2 is 2.13 bits per heavy atom. The maximum Gasteiger partial charge on any atom is 0.273 e. The van der Waals surface area contributed by atoms with Gasteiger partial charge in [0.25, 0.3) is 5.91 Å². The van der Waals surface area contributed by atoms with E-state index >= 15 is 0 Å². The van der Waals surface area contributed by atoms with E-state index in [-0.39, 0.29) is 33.8 Å². The molecule has 1 N–H and O–H groups in total. The van der Waals surface area contributed by atoms with E-state index in [1.165, 1.54) is 29.9 Å². The maximum absolute atomic E-state index is 13.3. The fourth-order valence-corrected chi connectivity index (χ4v) is 2.33. The van der Waals surface area contributed by atoms with Crippen LogP contribution < -0.4 is 5.32 Å². The molecule has 1 heterocycles. The summed E-state index contributed by atoms with van der Waals surface area (Å²) in [4.78, 5) is 34.3. The van der Waals surface area contributed by atoms with E-state index in [4.69, 9.17) is 16.9 Å². The Bertz CT molecular complexity index is 868. The molecular weight excluding hydrogens is 325 g/mol. The van der Waals surface area contributed by atoms with Crippen molar-refractivity contribution in [2.45, 2.75) is 0 Å². The number of nitrogens with one attached hydrogen (secondary N) is 1. The summed E-state index contributed by atoms with van der Waals surface area (Å²) in [5.41, 5.74) is -0.170. The van der Waals surface area contributed by atoms with Crippen molar-refractivity contribution >= 4 is 35.3 Å². The number of hydrogen-bond donors (Lipinski definition) is 1. The summed E-state index contributed by atoms with van der Waals surface area (Å²) < 4.78 is 14.6. The van der Waals surface area contributed by atoms with E-state index in [1.54, 1.807) is 6.07 Å². The Balaban J connectivity index is 2.35. The fourth-order valence-electron chi connectivity index (χ4n) is 1.97. The molecule has 0 aliphatic heterocycles. The van der Waals surface area contributed by atoms with Gasteiger partial charge >= 0.3 is 0 Å². The van der Waals surface area contributed by atoms with Crippen molar-refractivity contribution < 1.29 is 18.8 Å². The van der Waals surface area contributed by atoms with Gasteiger partial charge in [-0.15, -0.1) is 0 Å². The first kappa shape index (κ1) is 16.4. The highest BCUT2D eigenvalue weighted by Gasteiger charge is 2.22. The van der Waals surface area contributed by atoms with Gasteiger partial charge in [-0.1, -0.05) is 11.6 Å². The Morgan fingerprint density at radius 3 is 2.74 bits per heavy atom. The quantitative estimate of drug-likeness (QED) is 0.528. The van der Waals surface area contributed by atoms with E-state index in [9.17, 15) is 18.8 Å². The monoisotopic (exact) mass is 333 g/mol. The van der Waals surface area contributed by atoms with E-state index < -0.39 is 17.5 Å². The van der Waals surface area contributed by atoms with Crippen LogP contribution in [-0.2, 0) is 11.8 Å². The number of anilines is 1. The van der Waals surface area contributed by atoms with Crippen molar-refractivity contribution in [2.75, 3.05) is 5.32 Å². The summed E-state index contributed by atoms with van der Waals surface area (Å²) in [5.74, 6) is -2.22. The van der Waals surface area contributed by atoms with Crippen molar-refractivity contribution in [3.63, 3.8) is 0 Å². The first-order valence-electron chi connectivity index (χ1n) is 6.24. The number of rotatable bonds is 4. The molecule has 2 rings (SSSR count). The molecule has 1 aromatic heterocycles. The molecule has 0 unspecified atom stereocenters. The summed E-state index contributed by atoms with van der Waals surface area (Å²) in [6, 6.07) is 5.15. The lowest BCUT2D eigenvalue weighted by Gasteiger charge is -2.07. The largest absolute Gasteiger partial charge is 0.345 e. The standard InChI is InChI=1S/C15H9ClFN3O3/c1-20-6-10(12(22)7-21)13(16)14(20)15(23)19-9-2-3-11(17)8(4-9)5-18/h2-4,6-7H,1H3,(H,19,23). The van der Waals surface area contributed by atoms with Crippen LogP contribution in [0.3, 0.4) is 0 Å². The number of carbonyl (C=O) groups excluding carboxylic acids is 3. The number of aromatic nitrogens is 1. The minimum atomic E-state index is -0.849. The molecule has 0 saturated carbocycles.